The summed E-state index contributed by atoms with van der Waals surface area (Å²) in [4.78, 5) is 11.3. The number of furan rings is 1. The van der Waals surface area contributed by atoms with Crippen molar-refractivity contribution in [2.45, 2.75) is 6.92 Å². The summed E-state index contributed by atoms with van der Waals surface area (Å²) in [5, 5.41) is 0.912. The average Bonchev–Trinajstić information content (AvgIpc) is 2.60. The molecule has 78 valence electrons. The molecule has 1 heterocycles. The van der Waals surface area contributed by atoms with Crippen molar-refractivity contribution in [3.05, 3.63) is 34.0 Å². The topological polar surface area (TPSA) is 30.2 Å². The van der Waals surface area contributed by atoms with Gasteiger partial charge >= 0.3 is 0 Å². The van der Waals surface area contributed by atoms with Gasteiger partial charge in [-0.15, -0.1) is 11.6 Å². The number of hydrogen-bond acceptors (Lipinski definition) is 2. The Kier molecular flexibility index (Phi) is 2.85. The zero-order chi connectivity index (χ0) is 11.0. The van der Waals surface area contributed by atoms with E-state index in [0.29, 0.717) is 11.3 Å². The second-order valence-electron chi connectivity index (χ2n) is 3.33. The van der Waals surface area contributed by atoms with Gasteiger partial charge < -0.3 is 4.42 Å². The highest BCUT2D eigenvalue weighted by Crippen LogP contribution is 2.28. The van der Waals surface area contributed by atoms with Crippen molar-refractivity contribution in [3.8, 4) is 0 Å². The van der Waals surface area contributed by atoms with Crippen LogP contribution in [0.4, 0.5) is 0 Å². The Morgan fingerprint density at radius 3 is 2.87 bits per heavy atom. The van der Waals surface area contributed by atoms with Gasteiger partial charge in [0.25, 0.3) is 0 Å². The van der Waals surface area contributed by atoms with Gasteiger partial charge in [-0.3, -0.25) is 4.79 Å². The minimum absolute atomic E-state index is 0.0591. The lowest BCUT2D eigenvalue weighted by atomic mass is 10.2. The van der Waals surface area contributed by atoms with E-state index < -0.39 is 0 Å². The van der Waals surface area contributed by atoms with Crippen LogP contribution in [0.5, 0.6) is 0 Å². The Morgan fingerprint density at radius 1 is 1.47 bits per heavy atom. The summed E-state index contributed by atoms with van der Waals surface area (Å²) >= 11 is 8.86. The molecule has 2 rings (SSSR count). The molecule has 0 amide bonds. The Bertz CT molecular complexity index is 531. The molecule has 2 nitrogen and oxygen atoms in total. The van der Waals surface area contributed by atoms with Gasteiger partial charge in [0, 0.05) is 5.39 Å². The van der Waals surface area contributed by atoms with Gasteiger partial charge in [-0.2, -0.15) is 0 Å². The van der Waals surface area contributed by atoms with Crippen LogP contribution in [-0.4, -0.2) is 11.7 Å². The number of fused-ring (bicyclic) bond motifs is 1. The molecular formula is C11H8BrClO2. The monoisotopic (exact) mass is 286 g/mol. The van der Waals surface area contributed by atoms with E-state index >= 15 is 0 Å². The van der Waals surface area contributed by atoms with Crippen LogP contribution in [0.3, 0.4) is 0 Å². The maximum absolute atomic E-state index is 11.3. The van der Waals surface area contributed by atoms with Crippen molar-refractivity contribution in [1.29, 1.82) is 0 Å². The van der Waals surface area contributed by atoms with Gasteiger partial charge in [-0.25, -0.2) is 0 Å². The van der Waals surface area contributed by atoms with E-state index in [1.165, 1.54) is 0 Å². The number of carbonyl (C=O) groups is 1. The molecule has 0 N–H and O–H groups in total. The molecule has 0 spiro atoms. The number of aryl methyl sites for hydroxylation is 1. The molecule has 1 aromatic heterocycles. The van der Waals surface area contributed by atoms with Crippen LogP contribution in [0.2, 0.25) is 0 Å². The van der Waals surface area contributed by atoms with E-state index in [2.05, 4.69) is 15.9 Å². The normalized spacial score (nSPS) is 10.9. The highest BCUT2D eigenvalue weighted by Gasteiger charge is 2.12. The molecule has 0 atom stereocenters. The Balaban J connectivity index is 2.65. The SMILES string of the molecule is Cc1cc(Br)c2oc(C(=O)CCl)cc2c1. The van der Waals surface area contributed by atoms with Crippen LogP contribution in [-0.2, 0) is 0 Å². The number of carbonyl (C=O) groups excluding carboxylic acids is 1. The lowest BCUT2D eigenvalue weighted by Crippen LogP contribution is -1.96. The maximum atomic E-state index is 11.3. The van der Waals surface area contributed by atoms with Crippen molar-refractivity contribution in [2.24, 2.45) is 0 Å². The fourth-order valence-corrected chi connectivity index (χ4v) is 2.26. The molecule has 4 heteroatoms. The minimum Gasteiger partial charge on any atom is -0.452 e. The number of Topliss-reactive ketones (excluding diaryl/α,β-unsaturated/α-hetero) is 1. The van der Waals surface area contributed by atoms with Crippen molar-refractivity contribution < 1.29 is 9.21 Å². The summed E-state index contributed by atoms with van der Waals surface area (Å²) in [5.74, 6) is 0.0555. The van der Waals surface area contributed by atoms with Crippen LogP contribution >= 0.6 is 27.5 Å². The van der Waals surface area contributed by atoms with E-state index in [4.69, 9.17) is 16.0 Å². The summed E-state index contributed by atoms with van der Waals surface area (Å²) < 4.78 is 6.28. The molecule has 0 bridgehead atoms. The predicted octanol–water partition coefficient (Wildman–Crippen LogP) is 3.93. The van der Waals surface area contributed by atoms with Crippen molar-refractivity contribution in [3.63, 3.8) is 0 Å². The molecule has 0 saturated heterocycles. The second-order valence-corrected chi connectivity index (χ2v) is 4.45. The molecule has 0 unspecified atom stereocenters. The minimum atomic E-state index is -0.197. The molecule has 1 aromatic carbocycles. The molecule has 0 fully saturated rings. The van der Waals surface area contributed by atoms with Gasteiger partial charge in [-0.05, 0) is 46.6 Å². The lowest BCUT2D eigenvalue weighted by Gasteiger charge is -1.94. The maximum Gasteiger partial charge on any atom is 0.212 e. The van der Waals surface area contributed by atoms with Crippen molar-refractivity contribution in [1.82, 2.24) is 0 Å². The number of hydrogen-bond donors (Lipinski definition) is 0. The van der Waals surface area contributed by atoms with E-state index in [1.54, 1.807) is 6.07 Å². The molecule has 0 radical (unpaired) electrons. The summed E-state index contributed by atoms with van der Waals surface area (Å²) in [5.41, 5.74) is 1.80. The van der Waals surface area contributed by atoms with Crippen LogP contribution in [0, 0.1) is 6.92 Å². The average molecular weight is 288 g/mol. The summed E-state index contributed by atoms with van der Waals surface area (Å²) in [6.45, 7) is 1.99. The molecular weight excluding hydrogens is 279 g/mol. The standard InChI is InChI=1S/C11H8BrClO2/c1-6-2-7-4-10(9(14)5-13)15-11(7)8(12)3-6/h2-4H,5H2,1H3. The first-order valence-corrected chi connectivity index (χ1v) is 5.73. The third-order valence-corrected chi connectivity index (χ3v) is 2.94. The zero-order valence-electron chi connectivity index (χ0n) is 8.01. The van der Waals surface area contributed by atoms with Gasteiger partial charge in [0.05, 0.1) is 10.4 Å². The Labute approximate surface area is 100 Å². The molecule has 15 heavy (non-hydrogen) atoms. The quantitative estimate of drug-likeness (QED) is 0.619. The fraction of sp³-hybridized carbons (Fsp3) is 0.182. The fourth-order valence-electron chi connectivity index (χ4n) is 1.45. The van der Waals surface area contributed by atoms with Crippen LogP contribution in [0.1, 0.15) is 16.1 Å². The van der Waals surface area contributed by atoms with Crippen molar-refractivity contribution in [2.75, 3.05) is 5.88 Å². The number of rotatable bonds is 2. The first-order chi connectivity index (χ1) is 7.11. The van der Waals surface area contributed by atoms with E-state index in [9.17, 15) is 4.79 Å². The van der Waals surface area contributed by atoms with Crippen LogP contribution < -0.4 is 0 Å². The van der Waals surface area contributed by atoms with Gasteiger partial charge in [0.15, 0.2) is 5.76 Å². The number of benzene rings is 1. The van der Waals surface area contributed by atoms with Gasteiger partial charge in [0.2, 0.25) is 5.78 Å². The molecule has 0 aliphatic carbocycles. The summed E-state index contributed by atoms with van der Waals surface area (Å²) in [6, 6.07) is 5.63. The molecule has 0 aliphatic rings. The Hall–Kier alpha value is -0.800. The third-order valence-electron chi connectivity index (χ3n) is 2.11. The Morgan fingerprint density at radius 2 is 2.20 bits per heavy atom. The van der Waals surface area contributed by atoms with E-state index in [1.807, 2.05) is 19.1 Å². The number of ketones is 1. The molecule has 2 aromatic rings. The summed E-state index contributed by atoms with van der Waals surface area (Å²) in [7, 11) is 0. The van der Waals surface area contributed by atoms with Gasteiger partial charge in [-0.1, -0.05) is 0 Å². The number of halogens is 2. The highest BCUT2D eigenvalue weighted by molar-refractivity contribution is 9.10. The van der Waals surface area contributed by atoms with Gasteiger partial charge in [0.1, 0.15) is 5.58 Å². The number of alkyl halides is 1. The first-order valence-electron chi connectivity index (χ1n) is 4.40. The second kappa shape index (κ2) is 3.99. The van der Waals surface area contributed by atoms with Crippen molar-refractivity contribution >= 4 is 44.3 Å². The third kappa shape index (κ3) is 1.94. The first kappa shape index (κ1) is 10.7. The molecule has 0 aliphatic heterocycles. The lowest BCUT2D eigenvalue weighted by molar-refractivity contribution is 0.0992. The highest BCUT2D eigenvalue weighted by atomic mass is 79.9. The van der Waals surface area contributed by atoms with Crippen LogP contribution in [0.25, 0.3) is 11.0 Å². The van der Waals surface area contributed by atoms with Crippen LogP contribution in [0.15, 0.2) is 27.1 Å². The zero-order valence-corrected chi connectivity index (χ0v) is 10.4. The van der Waals surface area contributed by atoms with E-state index in [0.717, 1.165) is 15.4 Å². The summed E-state index contributed by atoms with van der Waals surface area (Å²) in [6.07, 6.45) is 0. The predicted molar refractivity (Wildman–Crippen MR) is 63.7 cm³/mol. The van der Waals surface area contributed by atoms with E-state index in [-0.39, 0.29) is 11.7 Å². The largest absolute Gasteiger partial charge is 0.452 e. The molecule has 0 saturated carbocycles. The smallest absolute Gasteiger partial charge is 0.212 e.